The molecule has 1 rings (SSSR count). The molecule has 1 heterocycles. The van der Waals surface area contributed by atoms with Crippen LogP contribution in [-0.2, 0) is 9.84 Å². The van der Waals surface area contributed by atoms with Crippen LogP contribution in [0.25, 0.3) is 0 Å². The first-order valence-corrected chi connectivity index (χ1v) is 8.05. The van der Waals surface area contributed by atoms with Gasteiger partial charge in [-0.1, -0.05) is 13.8 Å². The van der Waals surface area contributed by atoms with Gasteiger partial charge < -0.3 is 4.90 Å². The molecule has 0 saturated carbocycles. The van der Waals surface area contributed by atoms with E-state index in [1.165, 1.54) is 0 Å². The topological polar surface area (TPSA) is 85.2 Å². The Hall–Kier alpha value is -1.44. The number of aromatic nitrogens is 3. The first-order chi connectivity index (χ1) is 8.96. The van der Waals surface area contributed by atoms with Crippen molar-refractivity contribution in [3.05, 3.63) is 6.33 Å². The third-order valence-electron chi connectivity index (χ3n) is 2.56. The summed E-state index contributed by atoms with van der Waals surface area (Å²) in [6, 6.07) is -0.352. The summed E-state index contributed by atoms with van der Waals surface area (Å²) in [7, 11) is -3.48. The summed E-state index contributed by atoms with van der Waals surface area (Å²) < 4.78 is 24.5. The van der Waals surface area contributed by atoms with E-state index < -0.39 is 9.84 Å². The maximum atomic E-state index is 12.1. The van der Waals surface area contributed by atoms with Crippen LogP contribution < -0.4 is 0 Å². The molecule has 0 aromatic carbocycles. The molecule has 0 aliphatic carbocycles. The van der Waals surface area contributed by atoms with Gasteiger partial charge in [-0.15, -0.1) is 5.10 Å². The summed E-state index contributed by atoms with van der Waals surface area (Å²) in [6.07, 6.45) is 2.47. The third-order valence-corrected chi connectivity index (χ3v) is 4.25. The van der Waals surface area contributed by atoms with Gasteiger partial charge in [0.25, 0.3) is 5.16 Å². The molecule has 0 spiro atoms. The van der Waals surface area contributed by atoms with Crippen LogP contribution in [0.2, 0.25) is 0 Å². The van der Waals surface area contributed by atoms with Crippen LogP contribution in [0.5, 0.6) is 0 Å². The Morgan fingerprint density at radius 1 is 1.32 bits per heavy atom. The lowest BCUT2D eigenvalue weighted by Gasteiger charge is -2.18. The molecule has 19 heavy (non-hydrogen) atoms. The molecule has 0 fully saturated rings. The Morgan fingerprint density at radius 3 is 2.53 bits per heavy atom. The van der Waals surface area contributed by atoms with Crippen molar-refractivity contribution < 1.29 is 13.2 Å². The van der Waals surface area contributed by atoms with Crippen LogP contribution in [0, 0.1) is 0 Å². The van der Waals surface area contributed by atoms with E-state index in [0.29, 0.717) is 19.5 Å². The minimum atomic E-state index is -3.48. The van der Waals surface area contributed by atoms with E-state index in [4.69, 9.17) is 0 Å². The largest absolute Gasteiger partial charge is 0.346 e. The van der Waals surface area contributed by atoms with Crippen LogP contribution in [0.15, 0.2) is 11.5 Å². The van der Waals surface area contributed by atoms with Crippen molar-refractivity contribution in [3.63, 3.8) is 0 Å². The molecular weight excluding hydrogens is 268 g/mol. The van der Waals surface area contributed by atoms with Crippen molar-refractivity contribution in [2.45, 2.75) is 38.8 Å². The number of hydrogen-bond acceptors (Lipinski definition) is 5. The lowest BCUT2D eigenvalue weighted by Crippen LogP contribution is -2.35. The van der Waals surface area contributed by atoms with Crippen LogP contribution in [0.4, 0.5) is 4.79 Å². The molecule has 0 bridgehead atoms. The summed E-state index contributed by atoms with van der Waals surface area (Å²) in [6.45, 7) is 6.74. The van der Waals surface area contributed by atoms with Gasteiger partial charge in [-0.25, -0.2) is 18.2 Å². The standard InChI is InChI=1S/C11H20N4O3S/c1-4-7-14(6-3)11(16)15-9-12-10(13-15)19(17,18)8-5-2/h9H,4-8H2,1-3H3. The monoisotopic (exact) mass is 288 g/mol. The molecule has 1 aromatic heterocycles. The smallest absolute Gasteiger partial charge is 0.323 e. The molecule has 0 saturated heterocycles. The normalized spacial score (nSPS) is 11.5. The zero-order chi connectivity index (χ0) is 14.5. The highest BCUT2D eigenvalue weighted by molar-refractivity contribution is 7.91. The number of amides is 1. The molecule has 1 amide bonds. The molecule has 0 aliphatic heterocycles. The van der Waals surface area contributed by atoms with Crippen molar-refractivity contribution in [2.24, 2.45) is 0 Å². The lowest BCUT2D eigenvalue weighted by atomic mass is 10.4. The van der Waals surface area contributed by atoms with E-state index in [9.17, 15) is 13.2 Å². The molecule has 0 unspecified atom stereocenters. The number of sulfone groups is 1. The van der Waals surface area contributed by atoms with Crippen LogP contribution in [0.3, 0.4) is 0 Å². The van der Waals surface area contributed by atoms with Crippen LogP contribution >= 0.6 is 0 Å². The number of hydrogen-bond donors (Lipinski definition) is 0. The average molecular weight is 288 g/mol. The molecule has 0 radical (unpaired) electrons. The fourth-order valence-electron chi connectivity index (χ4n) is 1.65. The second-order valence-corrected chi connectivity index (χ2v) is 6.16. The molecule has 7 nitrogen and oxygen atoms in total. The maximum absolute atomic E-state index is 12.1. The first kappa shape index (κ1) is 15.6. The highest BCUT2D eigenvalue weighted by Gasteiger charge is 2.21. The van der Waals surface area contributed by atoms with Gasteiger partial charge in [0.05, 0.1) is 5.75 Å². The molecular formula is C11H20N4O3S. The van der Waals surface area contributed by atoms with Gasteiger partial charge in [0.1, 0.15) is 6.33 Å². The van der Waals surface area contributed by atoms with Gasteiger partial charge in [0.2, 0.25) is 9.84 Å². The van der Waals surface area contributed by atoms with E-state index in [1.807, 2.05) is 13.8 Å². The quantitative estimate of drug-likeness (QED) is 0.784. The van der Waals surface area contributed by atoms with E-state index >= 15 is 0 Å². The Balaban J connectivity index is 2.93. The number of carbonyl (C=O) groups is 1. The maximum Gasteiger partial charge on any atom is 0.346 e. The second kappa shape index (κ2) is 6.65. The van der Waals surface area contributed by atoms with Gasteiger partial charge in [0, 0.05) is 13.1 Å². The fraction of sp³-hybridized carbons (Fsp3) is 0.727. The highest BCUT2D eigenvalue weighted by Crippen LogP contribution is 2.06. The van der Waals surface area contributed by atoms with Crippen LogP contribution in [-0.4, -0.2) is 53.0 Å². The number of rotatable bonds is 6. The number of carbonyl (C=O) groups excluding carboxylic acids is 1. The van der Waals surface area contributed by atoms with Crippen molar-refractivity contribution >= 4 is 15.9 Å². The van der Waals surface area contributed by atoms with E-state index in [1.54, 1.807) is 11.8 Å². The van der Waals surface area contributed by atoms with E-state index in [0.717, 1.165) is 17.4 Å². The zero-order valence-electron chi connectivity index (χ0n) is 11.5. The minimum Gasteiger partial charge on any atom is -0.323 e. The Bertz CT molecular complexity index is 524. The summed E-state index contributed by atoms with van der Waals surface area (Å²) in [5, 5.41) is 3.50. The molecule has 1 aromatic rings. The third kappa shape index (κ3) is 3.76. The summed E-state index contributed by atoms with van der Waals surface area (Å²) in [4.78, 5) is 17.4. The average Bonchev–Trinajstić information content (AvgIpc) is 2.85. The van der Waals surface area contributed by atoms with Crippen molar-refractivity contribution in [3.8, 4) is 0 Å². The molecule has 0 aliphatic rings. The lowest BCUT2D eigenvalue weighted by molar-refractivity contribution is 0.198. The van der Waals surface area contributed by atoms with E-state index in [-0.39, 0.29) is 16.9 Å². The van der Waals surface area contributed by atoms with Gasteiger partial charge in [0.15, 0.2) is 0 Å². The Labute approximate surface area is 113 Å². The predicted octanol–water partition coefficient (Wildman–Crippen LogP) is 1.16. The molecule has 0 N–H and O–H groups in total. The SMILES string of the molecule is CCCN(CC)C(=O)n1cnc(S(=O)(=O)CCC)n1. The van der Waals surface area contributed by atoms with E-state index in [2.05, 4.69) is 10.1 Å². The van der Waals surface area contributed by atoms with Crippen molar-refractivity contribution in [2.75, 3.05) is 18.8 Å². The number of nitrogens with zero attached hydrogens (tertiary/aromatic N) is 4. The van der Waals surface area contributed by atoms with Gasteiger partial charge in [-0.2, -0.15) is 4.68 Å². The summed E-state index contributed by atoms with van der Waals surface area (Å²) in [5.41, 5.74) is 0. The molecule has 108 valence electrons. The van der Waals surface area contributed by atoms with Gasteiger partial charge >= 0.3 is 6.03 Å². The fourth-order valence-corrected chi connectivity index (χ4v) is 2.79. The highest BCUT2D eigenvalue weighted by atomic mass is 32.2. The molecule has 0 atom stereocenters. The van der Waals surface area contributed by atoms with Crippen LogP contribution in [0.1, 0.15) is 33.6 Å². The predicted molar refractivity (Wildman–Crippen MR) is 70.7 cm³/mol. The minimum absolute atomic E-state index is 0.0162. The summed E-state index contributed by atoms with van der Waals surface area (Å²) in [5.74, 6) is -0.0162. The second-order valence-electron chi connectivity index (χ2n) is 4.15. The van der Waals surface area contributed by atoms with Crippen molar-refractivity contribution in [1.29, 1.82) is 0 Å². The zero-order valence-corrected chi connectivity index (χ0v) is 12.4. The first-order valence-electron chi connectivity index (χ1n) is 6.39. The Morgan fingerprint density at radius 2 is 2.00 bits per heavy atom. The van der Waals surface area contributed by atoms with Gasteiger partial charge in [-0.3, -0.25) is 0 Å². The summed E-state index contributed by atoms with van der Waals surface area (Å²) >= 11 is 0. The van der Waals surface area contributed by atoms with Gasteiger partial charge in [-0.05, 0) is 19.8 Å². The van der Waals surface area contributed by atoms with Crippen molar-refractivity contribution in [1.82, 2.24) is 19.7 Å². The molecule has 8 heteroatoms. The Kier molecular flexibility index (Phi) is 5.46.